The number of esters is 1. The van der Waals surface area contributed by atoms with Crippen LogP contribution in [0.15, 0.2) is 53.4 Å². The Balaban J connectivity index is 2.19. The van der Waals surface area contributed by atoms with Gasteiger partial charge in [0.15, 0.2) is 6.10 Å². The summed E-state index contributed by atoms with van der Waals surface area (Å²) in [5.41, 5.74) is 0.435. The summed E-state index contributed by atoms with van der Waals surface area (Å²) in [6.45, 7) is 5.44. The quantitative estimate of drug-likeness (QED) is 0.636. The lowest BCUT2D eigenvalue weighted by Crippen LogP contribution is -2.31. The zero-order valence-corrected chi connectivity index (χ0v) is 18.0. The maximum absolute atomic E-state index is 12.7. The maximum atomic E-state index is 12.7. The van der Waals surface area contributed by atoms with Crippen LogP contribution in [0, 0.1) is 0 Å². The third-order valence-corrected chi connectivity index (χ3v) is 6.57. The van der Waals surface area contributed by atoms with Crippen molar-refractivity contribution in [3.8, 4) is 0 Å². The number of anilines is 1. The van der Waals surface area contributed by atoms with Crippen molar-refractivity contribution in [3.05, 3.63) is 59.1 Å². The van der Waals surface area contributed by atoms with Gasteiger partial charge in [-0.3, -0.25) is 4.79 Å². The highest BCUT2D eigenvalue weighted by Crippen LogP contribution is 2.24. The molecule has 0 aliphatic rings. The van der Waals surface area contributed by atoms with Gasteiger partial charge in [-0.2, -0.15) is 4.31 Å². The van der Waals surface area contributed by atoms with Crippen LogP contribution >= 0.6 is 11.6 Å². The summed E-state index contributed by atoms with van der Waals surface area (Å²) in [6, 6.07) is 12.5. The number of halogens is 1. The molecule has 0 aliphatic heterocycles. The number of rotatable bonds is 8. The normalized spacial score (nSPS) is 12.4. The van der Waals surface area contributed by atoms with Gasteiger partial charge < -0.3 is 10.1 Å². The summed E-state index contributed by atoms with van der Waals surface area (Å²) in [7, 11) is -3.77. The minimum absolute atomic E-state index is 0.0316. The van der Waals surface area contributed by atoms with Crippen LogP contribution in [0.25, 0.3) is 0 Å². The number of sulfonamides is 1. The number of nitrogens with zero attached hydrogens (tertiary/aromatic N) is 1. The maximum Gasteiger partial charge on any atom is 0.340 e. The zero-order valence-electron chi connectivity index (χ0n) is 16.4. The molecule has 1 N–H and O–H groups in total. The molecule has 7 nitrogen and oxygen atoms in total. The van der Waals surface area contributed by atoms with Crippen molar-refractivity contribution >= 4 is 39.2 Å². The third-order valence-electron chi connectivity index (χ3n) is 4.20. The molecule has 1 atom stereocenters. The van der Waals surface area contributed by atoms with Crippen LogP contribution in [-0.2, 0) is 19.6 Å². The molecule has 0 radical (unpaired) electrons. The highest BCUT2D eigenvalue weighted by Gasteiger charge is 2.26. The van der Waals surface area contributed by atoms with Crippen LogP contribution < -0.4 is 5.32 Å². The van der Waals surface area contributed by atoms with E-state index in [1.165, 1.54) is 29.4 Å². The molecule has 0 aliphatic carbocycles. The Morgan fingerprint density at radius 1 is 1.10 bits per heavy atom. The van der Waals surface area contributed by atoms with Gasteiger partial charge in [0, 0.05) is 18.8 Å². The van der Waals surface area contributed by atoms with Crippen LogP contribution in [0.4, 0.5) is 5.69 Å². The first-order chi connectivity index (χ1) is 13.7. The number of benzene rings is 2. The van der Waals surface area contributed by atoms with Gasteiger partial charge in [0.25, 0.3) is 5.91 Å². The van der Waals surface area contributed by atoms with Crippen LogP contribution in [0.2, 0.25) is 5.02 Å². The molecule has 0 spiro atoms. The minimum Gasteiger partial charge on any atom is -0.449 e. The van der Waals surface area contributed by atoms with E-state index in [-0.39, 0.29) is 28.6 Å². The summed E-state index contributed by atoms with van der Waals surface area (Å²) in [5.74, 6) is -1.41. The molecule has 156 valence electrons. The molecule has 2 rings (SSSR count). The van der Waals surface area contributed by atoms with Crippen molar-refractivity contribution in [1.29, 1.82) is 0 Å². The van der Waals surface area contributed by atoms with Crippen LogP contribution in [0.5, 0.6) is 0 Å². The predicted molar refractivity (Wildman–Crippen MR) is 112 cm³/mol. The smallest absolute Gasteiger partial charge is 0.340 e. The molecule has 9 heteroatoms. The lowest BCUT2D eigenvalue weighted by molar-refractivity contribution is -0.123. The number of para-hydroxylation sites is 1. The van der Waals surface area contributed by atoms with Crippen molar-refractivity contribution in [3.63, 3.8) is 0 Å². The average molecular weight is 439 g/mol. The van der Waals surface area contributed by atoms with E-state index in [2.05, 4.69) is 5.32 Å². The Labute approximate surface area is 175 Å². The van der Waals surface area contributed by atoms with E-state index in [0.29, 0.717) is 5.69 Å². The lowest BCUT2D eigenvalue weighted by atomic mass is 10.2. The minimum atomic E-state index is -3.77. The average Bonchev–Trinajstić information content (AvgIpc) is 2.69. The van der Waals surface area contributed by atoms with Gasteiger partial charge in [0.1, 0.15) is 0 Å². The SMILES string of the molecule is CCN(CC)S(=O)(=O)c1ccc(Cl)c(C(=O)O[C@H](C)C(=O)Nc2ccccc2)c1. The van der Waals surface area contributed by atoms with Crippen LogP contribution in [-0.4, -0.2) is 43.8 Å². The Morgan fingerprint density at radius 2 is 1.72 bits per heavy atom. The summed E-state index contributed by atoms with van der Waals surface area (Å²) in [5, 5.41) is 2.66. The Kier molecular flexibility index (Phi) is 7.78. The molecule has 1 amide bonds. The van der Waals surface area contributed by atoms with Crippen LogP contribution in [0.3, 0.4) is 0 Å². The molecule has 0 saturated heterocycles. The molecule has 0 aromatic heterocycles. The molecular formula is C20H23ClN2O5S. The third kappa shape index (κ3) is 5.56. The molecule has 2 aromatic carbocycles. The first-order valence-corrected chi connectivity index (χ1v) is 10.9. The summed E-state index contributed by atoms with van der Waals surface area (Å²) < 4.78 is 31.8. The van der Waals surface area contributed by atoms with E-state index in [4.69, 9.17) is 16.3 Å². The van der Waals surface area contributed by atoms with Gasteiger partial charge in [0.2, 0.25) is 10.0 Å². The second-order valence-electron chi connectivity index (χ2n) is 6.13. The molecule has 0 fully saturated rings. The number of ether oxygens (including phenoxy) is 1. The van der Waals surface area contributed by atoms with Gasteiger partial charge in [-0.1, -0.05) is 43.6 Å². The molecule has 0 saturated carbocycles. The molecular weight excluding hydrogens is 416 g/mol. The monoisotopic (exact) mass is 438 g/mol. The second-order valence-corrected chi connectivity index (χ2v) is 8.48. The van der Waals surface area contributed by atoms with Gasteiger partial charge in [-0.05, 0) is 37.3 Å². The number of carbonyl (C=O) groups excluding carboxylic acids is 2. The predicted octanol–water partition coefficient (Wildman–Crippen LogP) is 3.55. The lowest BCUT2D eigenvalue weighted by Gasteiger charge is -2.19. The summed E-state index contributed by atoms with van der Waals surface area (Å²) >= 11 is 6.07. The number of hydrogen-bond donors (Lipinski definition) is 1. The fourth-order valence-corrected chi connectivity index (χ4v) is 4.26. The standard InChI is InChI=1S/C20H23ClN2O5S/c1-4-23(5-2)29(26,27)16-11-12-18(21)17(13-16)20(25)28-14(3)19(24)22-15-9-7-6-8-10-15/h6-14H,4-5H2,1-3H3,(H,22,24)/t14-/m1/s1. The molecule has 29 heavy (non-hydrogen) atoms. The largest absolute Gasteiger partial charge is 0.449 e. The second kappa shape index (κ2) is 9.87. The molecule has 0 unspecified atom stereocenters. The highest BCUT2D eigenvalue weighted by atomic mass is 35.5. The summed E-state index contributed by atoms with van der Waals surface area (Å²) in [6.07, 6.45) is -1.11. The first kappa shape index (κ1) is 22.9. The number of hydrogen-bond acceptors (Lipinski definition) is 5. The molecule has 2 aromatic rings. The summed E-state index contributed by atoms with van der Waals surface area (Å²) in [4.78, 5) is 24.7. The Morgan fingerprint density at radius 3 is 2.31 bits per heavy atom. The Bertz CT molecular complexity index is 976. The van der Waals surface area contributed by atoms with Crippen molar-refractivity contribution in [2.24, 2.45) is 0 Å². The molecule has 0 bridgehead atoms. The van der Waals surface area contributed by atoms with Gasteiger partial charge >= 0.3 is 5.97 Å². The van der Waals surface area contributed by atoms with E-state index >= 15 is 0 Å². The number of nitrogens with one attached hydrogen (secondary N) is 1. The van der Waals surface area contributed by atoms with E-state index in [0.717, 1.165) is 0 Å². The zero-order chi connectivity index (χ0) is 21.6. The fourth-order valence-electron chi connectivity index (χ4n) is 2.58. The fraction of sp³-hybridized carbons (Fsp3) is 0.300. The van der Waals surface area contributed by atoms with Crippen LogP contribution in [0.1, 0.15) is 31.1 Å². The topological polar surface area (TPSA) is 92.8 Å². The van der Waals surface area contributed by atoms with Crippen molar-refractivity contribution < 1.29 is 22.7 Å². The van der Waals surface area contributed by atoms with E-state index in [1.807, 2.05) is 0 Å². The van der Waals surface area contributed by atoms with Gasteiger partial charge in [-0.15, -0.1) is 0 Å². The van der Waals surface area contributed by atoms with Crippen molar-refractivity contribution in [2.75, 3.05) is 18.4 Å². The van der Waals surface area contributed by atoms with Gasteiger partial charge in [-0.25, -0.2) is 13.2 Å². The first-order valence-electron chi connectivity index (χ1n) is 9.07. The molecule has 0 heterocycles. The number of carbonyl (C=O) groups is 2. The van der Waals surface area contributed by atoms with E-state index < -0.39 is 28.0 Å². The van der Waals surface area contributed by atoms with E-state index in [9.17, 15) is 18.0 Å². The van der Waals surface area contributed by atoms with E-state index in [1.54, 1.807) is 44.2 Å². The van der Waals surface area contributed by atoms with Crippen molar-refractivity contribution in [1.82, 2.24) is 4.31 Å². The van der Waals surface area contributed by atoms with Crippen molar-refractivity contribution in [2.45, 2.75) is 31.8 Å². The highest BCUT2D eigenvalue weighted by molar-refractivity contribution is 7.89. The Hall–Kier alpha value is -2.42. The van der Waals surface area contributed by atoms with Gasteiger partial charge in [0.05, 0.1) is 15.5 Å². The number of amides is 1.